The van der Waals surface area contributed by atoms with E-state index in [1.165, 1.54) is 4.31 Å². The van der Waals surface area contributed by atoms with Gasteiger partial charge in [0.1, 0.15) is 6.04 Å². The van der Waals surface area contributed by atoms with Crippen molar-refractivity contribution in [3.63, 3.8) is 0 Å². The molecule has 0 amide bonds. The summed E-state index contributed by atoms with van der Waals surface area (Å²) in [6.45, 7) is 9.38. The molecule has 3 rings (SSSR count). The third kappa shape index (κ3) is 3.33. The van der Waals surface area contributed by atoms with Crippen molar-refractivity contribution in [3.8, 4) is 0 Å². The summed E-state index contributed by atoms with van der Waals surface area (Å²) < 4.78 is 27.7. The molecular formula is C21H25NO3S. The Morgan fingerprint density at radius 1 is 0.885 bits per heavy atom. The molecule has 0 radical (unpaired) electrons. The molecule has 1 heterocycles. The second kappa shape index (κ2) is 6.32. The number of aryl methyl sites for hydroxylation is 2. The monoisotopic (exact) mass is 371 g/mol. The van der Waals surface area contributed by atoms with E-state index in [1.807, 2.05) is 58.9 Å². The lowest BCUT2D eigenvalue weighted by molar-refractivity contribution is -0.126. The van der Waals surface area contributed by atoms with Crippen LogP contribution in [0.2, 0.25) is 0 Å². The molecule has 0 saturated carbocycles. The van der Waals surface area contributed by atoms with E-state index >= 15 is 0 Å². The number of ketones is 1. The molecule has 1 fully saturated rings. The van der Waals surface area contributed by atoms with Crippen LogP contribution in [0.15, 0.2) is 53.4 Å². The van der Waals surface area contributed by atoms with Crippen LogP contribution in [0.25, 0.3) is 0 Å². The fourth-order valence-corrected chi connectivity index (χ4v) is 4.85. The number of carbonyl (C=O) groups is 1. The van der Waals surface area contributed by atoms with Gasteiger partial charge in [-0.05, 0) is 31.5 Å². The first-order valence-electron chi connectivity index (χ1n) is 8.74. The van der Waals surface area contributed by atoms with Gasteiger partial charge in [0.2, 0.25) is 10.0 Å². The topological polar surface area (TPSA) is 54.2 Å². The Morgan fingerprint density at radius 3 is 1.81 bits per heavy atom. The van der Waals surface area contributed by atoms with Crippen molar-refractivity contribution in [1.29, 1.82) is 0 Å². The van der Waals surface area contributed by atoms with Crippen molar-refractivity contribution in [2.24, 2.45) is 5.41 Å². The van der Waals surface area contributed by atoms with Gasteiger partial charge in [-0.2, -0.15) is 4.31 Å². The van der Waals surface area contributed by atoms with E-state index < -0.39 is 27.5 Å². The minimum Gasteiger partial charge on any atom is -0.297 e. The van der Waals surface area contributed by atoms with Crippen LogP contribution >= 0.6 is 0 Å². The third-order valence-electron chi connectivity index (χ3n) is 4.78. The summed E-state index contributed by atoms with van der Waals surface area (Å²) in [7, 11) is -3.73. The van der Waals surface area contributed by atoms with Crippen LogP contribution in [0.5, 0.6) is 0 Å². The number of hydrogen-bond acceptors (Lipinski definition) is 3. The summed E-state index contributed by atoms with van der Waals surface area (Å²) in [4.78, 5) is 13.1. The predicted molar refractivity (Wildman–Crippen MR) is 102 cm³/mol. The molecule has 2 aromatic carbocycles. The van der Waals surface area contributed by atoms with E-state index in [0.717, 1.165) is 16.7 Å². The first kappa shape index (κ1) is 18.8. The van der Waals surface area contributed by atoms with E-state index in [0.29, 0.717) is 0 Å². The largest absolute Gasteiger partial charge is 0.297 e. The lowest BCUT2D eigenvalue weighted by Crippen LogP contribution is -2.29. The van der Waals surface area contributed by atoms with E-state index in [9.17, 15) is 13.2 Å². The number of nitrogens with zero attached hydrogens (tertiary/aromatic N) is 1. The average molecular weight is 372 g/mol. The fourth-order valence-electron chi connectivity index (χ4n) is 3.14. The van der Waals surface area contributed by atoms with Gasteiger partial charge in [-0.15, -0.1) is 0 Å². The summed E-state index contributed by atoms with van der Waals surface area (Å²) in [5.41, 5.74) is 2.34. The zero-order valence-corrected chi connectivity index (χ0v) is 16.7. The van der Waals surface area contributed by atoms with Crippen molar-refractivity contribution in [1.82, 2.24) is 4.31 Å². The lowest BCUT2D eigenvalue weighted by atomic mass is 9.87. The molecule has 1 unspecified atom stereocenters. The summed E-state index contributed by atoms with van der Waals surface area (Å²) >= 11 is 0. The van der Waals surface area contributed by atoms with Crippen molar-refractivity contribution in [3.05, 3.63) is 65.2 Å². The van der Waals surface area contributed by atoms with Crippen molar-refractivity contribution < 1.29 is 13.2 Å². The van der Waals surface area contributed by atoms with Crippen molar-refractivity contribution in [2.75, 3.05) is 0 Å². The molecule has 0 aromatic heterocycles. The zero-order chi connectivity index (χ0) is 19.3. The molecule has 1 aliphatic rings. The minimum absolute atomic E-state index is 0.0567. The quantitative estimate of drug-likeness (QED) is 0.763. The number of carbonyl (C=O) groups excluding carboxylic acids is 1. The van der Waals surface area contributed by atoms with Gasteiger partial charge < -0.3 is 0 Å². The van der Waals surface area contributed by atoms with Gasteiger partial charge in [0.05, 0.1) is 10.9 Å². The smallest absolute Gasteiger partial charge is 0.244 e. The highest BCUT2D eigenvalue weighted by atomic mass is 32.2. The maximum Gasteiger partial charge on any atom is 0.244 e. The van der Waals surface area contributed by atoms with Crippen LogP contribution in [0.4, 0.5) is 0 Å². The third-order valence-corrected chi connectivity index (χ3v) is 6.66. The summed E-state index contributed by atoms with van der Waals surface area (Å²) in [6.07, 6.45) is 0. The van der Waals surface area contributed by atoms with Gasteiger partial charge >= 0.3 is 0 Å². The number of rotatable bonds is 4. The minimum atomic E-state index is -3.73. The molecule has 0 bridgehead atoms. The SMILES string of the molecule is Cc1ccc([C@@H]2[C@@H](C(=O)C(C)(C)C)N2S(=O)(=O)c2ccc(C)cc2)cc1. The Hall–Kier alpha value is -1.98. The number of benzene rings is 2. The van der Waals surface area contributed by atoms with Crippen LogP contribution in [0.1, 0.15) is 43.5 Å². The van der Waals surface area contributed by atoms with E-state index in [-0.39, 0.29) is 10.7 Å². The molecular weight excluding hydrogens is 346 g/mol. The average Bonchev–Trinajstić information content (AvgIpc) is 3.30. The summed E-state index contributed by atoms with van der Waals surface area (Å²) in [5.74, 6) is -0.0567. The highest BCUT2D eigenvalue weighted by Crippen LogP contribution is 2.50. The molecule has 26 heavy (non-hydrogen) atoms. The van der Waals surface area contributed by atoms with Gasteiger partial charge in [-0.3, -0.25) is 4.79 Å². The molecule has 0 aliphatic carbocycles. The fraction of sp³-hybridized carbons (Fsp3) is 0.381. The number of sulfonamides is 1. The Bertz CT molecular complexity index is 923. The molecule has 0 N–H and O–H groups in total. The van der Waals surface area contributed by atoms with Gasteiger partial charge in [0, 0.05) is 5.41 Å². The lowest BCUT2D eigenvalue weighted by Gasteiger charge is -2.16. The molecule has 2 aromatic rings. The van der Waals surface area contributed by atoms with Crippen LogP contribution in [0.3, 0.4) is 0 Å². The molecule has 4 nitrogen and oxygen atoms in total. The summed E-state index contributed by atoms with van der Waals surface area (Å²) in [5, 5.41) is 0. The van der Waals surface area contributed by atoms with E-state index in [2.05, 4.69) is 0 Å². The van der Waals surface area contributed by atoms with Gasteiger partial charge in [-0.25, -0.2) is 8.42 Å². The molecule has 1 aliphatic heterocycles. The zero-order valence-electron chi connectivity index (χ0n) is 15.9. The van der Waals surface area contributed by atoms with Crippen LogP contribution in [-0.2, 0) is 14.8 Å². The molecule has 1 saturated heterocycles. The van der Waals surface area contributed by atoms with Gasteiger partial charge in [0.15, 0.2) is 5.78 Å². The maximum absolute atomic E-state index is 13.2. The van der Waals surface area contributed by atoms with Crippen LogP contribution < -0.4 is 0 Å². The first-order chi connectivity index (χ1) is 12.0. The Morgan fingerprint density at radius 2 is 1.35 bits per heavy atom. The van der Waals surface area contributed by atoms with Gasteiger partial charge in [-0.1, -0.05) is 68.3 Å². The maximum atomic E-state index is 13.2. The first-order valence-corrected chi connectivity index (χ1v) is 10.2. The second-order valence-electron chi connectivity index (χ2n) is 8.06. The Labute approximate surface area is 155 Å². The second-order valence-corrected chi connectivity index (χ2v) is 9.91. The van der Waals surface area contributed by atoms with E-state index in [4.69, 9.17) is 0 Å². The standard InChI is InChI=1S/C21H25NO3S/c1-14-6-10-16(11-7-14)18-19(20(23)21(3,4)5)22(18)26(24,25)17-12-8-15(2)9-13-17/h6-13,18-19H,1-5H3/t18-,19+,22?/m1/s1. The van der Waals surface area contributed by atoms with Crippen molar-refractivity contribution >= 4 is 15.8 Å². The molecule has 5 heteroatoms. The Balaban J connectivity index is 2.03. The Kier molecular flexibility index (Phi) is 4.57. The highest BCUT2D eigenvalue weighted by Gasteiger charge is 2.61. The molecule has 3 atom stereocenters. The van der Waals surface area contributed by atoms with Crippen LogP contribution in [-0.4, -0.2) is 24.5 Å². The predicted octanol–water partition coefficient (Wildman–Crippen LogP) is 4.03. The molecule has 138 valence electrons. The van der Waals surface area contributed by atoms with Crippen LogP contribution in [0, 0.1) is 19.3 Å². The number of Topliss-reactive ketones (excluding diaryl/α,β-unsaturated/α-hetero) is 1. The van der Waals surface area contributed by atoms with E-state index in [1.54, 1.807) is 24.3 Å². The summed E-state index contributed by atoms with van der Waals surface area (Å²) in [6, 6.07) is 13.4. The normalized spacial score (nSPS) is 22.9. The van der Waals surface area contributed by atoms with Gasteiger partial charge in [0.25, 0.3) is 0 Å². The molecule has 0 spiro atoms. The highest BCUT2D eigenvalue weighted by molar-refractivity contribution is 7.89. The van der Waals surface area contributed by atoms with Crippen molar-refractivity contribution in [2.45, 2.75) is 51.6 Å². The number of hydrogen-bond donors (Lipinski definition) is 0.